The SMILES string of the molecule is Cc1ccc(CCc2cc(C)c3c(c2)CC(C)C3C)cc1. The minimum Gasteiger partial charge on any atom is -0.0616 e. The first-order valence-corrected chi connectivity index (χ1v) is 8.22. The van der Waals surface area contributed by atoms with Gasteiger partial charge in [0.1, 0.15) is 0 Å². The van der Waals surface area contributed by atoms with E-state index < -0.39 is 0 Å². The van der Waals surface area contributed by atoms with Gasteiger partial charge >= 0.3 is 0 Å². The van der Waals surface area contributed by atoms with Gasteiger partial charge in [0, 0.05) is 0 Å². The molecule has 0 N–H and O–H groups in total. The van der Waals surface area contributed by atoms with E-state index >= 15 is 0 Å². The largest absolute Gasteiger partial charge is 0.0616 e. The van der Waals surface area contributed by atoms with Crippen LogP contribution in [0.15, 0.2) is 36.4 Å². The van der Waals surface area contributed by atoms with Gasteiger partial charge in [0.15, 0.2) is 0 Å². The summed E-state index contributed by atoms with van der Waals surface area (Å²) in [6.07, 6.45) is 3.55. The lowest BCUT2D eigenvalue weighted by Gasteiger charge is -2.13. The highest BCUT2D eigenvalue weighted by molar-refractivity contribution is 5.44. The standard InChI is InChI=1S/C21H26/c1-14-5-7-18(8-6-14)9-10-19-11-16(3)21-17(4)15(2)12-20(21)13-19/h5-8,11,13,15,17H,9-10,12H2,1-4H3. The van der Waals surface area contributed by atoms with Gasteiger partial charge in [-0.3, -0.25) is 0 Å². The Hall–Kier alpha value is -1.56. The molecule has 0 spiro atoms. The summed E-state index contributed by atoms with van der Waals surface area (Å²) in [6.45, 7) is 9.21. The van der Waals surface area contributed by atoms with Crippen LogP contribution in [0.2, 0.25) is 0 Å². The molecule has 0 bridgehead atoms. The third-order valence-corrected chi connectivity index (χ3v) is 5.21. The molecule has 0 aliphatic heterocycles. The number of rotatable bonds is 3. The van der Waals surface area contributed by atoms with Crippen molar-refractivity contribution in [1.29, 1.82) is 0 Å². The Bertz CT molecular complexity index is 634. The topological polar surface area (TPSA) is 0 Å². The van der Waals surface area contributed by atoms with E-state index in [1.807, 2.05) is 0 Å². The Morgan fingerprint density at radius 1 is 0.905 bits per heavy atom. The molecular weight excluding hydrogens is 252 g/mol. The number of hydrogen-bond acceptors (Lipinski definition) is 0. The third-order valence-electron chi connectivity index (χ3n) is 5.21. The zero-order valence-corrected chi connectivity index (χ0v) is 13.7. The summed E-state index contributed by atoms with van der Waals surface area (Å²) in [5, 5.41) is 0. The van der Waals surface area contributed by atoms with Gasteiger partial charge in [-0.1, -0.05) is 55.8 Å². The molecule has 0 aromatic heterocycles. The van der Waals surface area contributed by atoms with Gasteiger partial charge in [-0.15, -0.1) is 0 Å². The average molecular weight is 278 g/mol. The summed E-state index contributed by atoms with van der Waals surface area (Å²) in [5.74, 6) is 1.53. The maximum Gasteiger partial charge on any atom is -0.0156 e. The molecule has 2 atom stereocenters. The van der Waals surface area contributed by atoms with Crippen molar-refractivity contribution in [3.8, 4) is 0 Å². The minimum absolute atomic E-state index is 0.728. The van der Waals surface area contributed by atoms with Crippen molar-refractivity contribution >= 4 is 0 Å². The molecule has 0 saturated carbocycles. The van der Waals surface area contributed by atoms with Crippen molar-refractivity contribution in [2.45, 2.75) is 52.9 Å². The third kappa shape index (κ3) is 2.90. The summed E-state index contributed by atoms with van der Waals surface area (Å²) in [5.41, 5.74) is 9.03. The quantitative estimate of drug-likeness (QED) is 0.706. The predicted molar refractivity (Wildman–Crippen MR) is 91.0 cm³/mol. The van der Waals surface area contributed by atoms with Crippen molar-refractivity contribution in [3.05, 3.63) is 69.8 Å². The molecule has 1 aliphatic rings. The van der Waals surface area contributed by atoms with Gasteiger partial charge in [0.2, 0.25) is 0 Å². The maximum atomic E-state index is 2.47. The van der Waals surface area contributed by atoms with E-state index in [-0.39, 0.29) is 0 Å². The Kier molecular flexibility index (Phi) is 3.89. The van der Waals surface area contributed by atoms with E-state index in [0.29, 0.717) is 0 Å². The molecule has 0 heterocycles. The molecule has 110 valence electrons. The average Bonchev–Trinajstić information content (AvgIpc) is 2.74. The van der Waals surface area contributed by atoms with Gasteiger partial charge in [0.25, 0.3) is 0 Å². The van der Waals surface area contributed by atoms with Crippen molar-refractivity contribution < 1.29 is 0 Å². The molecule has 2 aromatic carbocycles. The number of benzene rings is 2. The zero-order valence-electron chi connectivity index (χ0n) is 13.7. The van der Waals surface area contributed by atoms with Crippen LogP contribution in [0.3, 0.4) is 0 Å². The van der Waals surface area contributed by atoms with E-state index in [1.165, 1.54) is 28.7 Å². The summed E-state index contributed by atoms with van der Waals surface area (Å²) in [7, 11) is 0. The molecule has 0 heteroatoms. The van der Waals surface area contributed by atoms with Crippen LogP contribution in [0.25, 0.3) is 0 Å². The Morgan fingerprint density at radius 3 is 2.29 bits per heavy atom. The molecule has 2 unspecified atom stereocenters. The summed E-state index contributed by atoms with van der Waals surface area (Å²) < 4.78 is 0. The van der Waals surface area contributed by atoms with Crippen molar-refractivity contribution in [2.75, 3.05) is 0 Å². The van der Waals surface area contributed by atoms with E-state index in [1.54, 1.807) is 11.1 Å². The highest BCUT2D eigenvalue weighted by Gasteiger charge is 2.27. The van der Waals surface area contributed by atoms with Crippen LogP contribution in [0, 0.1) is 19.8 Å². The molecule has 3 rings (SSSR count). The van der Waals surface area contributed by atoms with Crippen molar-refractivity contribution in [1.82, 2.24) is 0 Å². The lowest BCUT2D eigenvalue weighted by Crippen LogP contribution is -1.99. The van der Waals surface area contributed by atoms with Crippen LogP contribution in [0.5, 0.6) is 0 Å². The second-order valence-electron chi connectivity index (χ2n) is 6.94. The fourth-order valence-corrected chi connectivity index (χ4v) is 3.77. The lowest BCUT2D eigenvalue weighted by molar-refractivity contribution is 0.531. The minimum atomic E-state index is 0.728. The van der Waals surface area contributed by atoms with E-state index in [2.05, 4.69) is 64.1 Å². The first-order chi connectivity index (χ1) is 10.0. The number of hydrogen-bond donors (Lipinski definition) is 0. The van der Waals surface area contributed by atoms with Crippen molar-refractivity contribution in [2.24, 2.45) is 5.92 Å². The monoisotopic (exact) mass is 278 g/mol. The Labute approximate surface area is 129 Å². The molecule has 0 radical (unpaired) electrons. The molecule has 0 fully saturated rings. The van der Waals surface area contributed by atoms with Crippen LogP contribution in [-0.4, -0.2) is 0 Å². The Morgan fingerprint density at radius 2 is 1.57 bits per heavy atom. The van der Waals surface area contributed by atoms with E-state index in [0.717, 1.165) is 24.7 Å². The number of fused-ring (bicyclic) bond motifs is 1. The summed E-state index contributed by atoms with van der Waals surface area (Å²) in [4.78, 5) is 0. The van der Waals surface area contributed by atoms with E-state index in [4.69, 9.17) is 0 Å². The van der Waals surface area contributed by atoms with Gasteiger partial charge < -0.3 is 0 Å². The summed E-state index contributed by atoms with van der Waals surface area (Å²) >= 11 is 0. The van der Waals surface area contributed by atoms with Gasteiger partial charge in [-0.05, 0) is 72.8 Å². The van der Waals surface area contributed by atoms with Crippen LogP contribution < -0.4 is 0 Å². The summed E-state index contributed by atoms with van der Waals surface area (Å²) in [6, 6.07) is 13.8. The fourth-order valence-electron chi connectivity index (χ4n) is 3.77. The highest BCUT2D eigenvalue weighted by Crippen LogP contribution is 2.39. The Balaban J connectivity index is 1.77. The smallest absolute Gasteiger partial charge is 0.0156 e. The van der Waals surface area contributed by atoms with Crippen LogP contribution in [-0.2, 0) is 19.3 Å². The first kappa shape index (κ1) is 14.4. The van der Waals surface area contributed by atoms with E-state index in [9.17, 15) is 0 Å². The van der Waals surface area contributed by atoms with Gasteiger partial charge in [-0.25, -0.2) is 0 Å². The molecule has 0 amide bonds. The second kappa shape index (κ2) is 5.67. The molecule has 0 saturated heterocycles. The molecule has 1 aliphatic carbocycles. The van der Waals surface area contributed by atoms with Crippen LogP contribution in [0.1, 0.15) is 53.1 Å². The van der Waals surface area contributed by atoms with Crippen LogP contribution in [0.4, 0.5) is 0 Å². The molecule has 21 heavy (non-hydrogen) atoms. The predicted octanol–water partition coefficient (Wildman–Crippen LogP) is 5.38. The molecule has 0 nitrogen and oxygen atoms in total. The normalized spacial score (nSPS) is 20.6. The zero-order chi connectivity index (χ0) is 15.0. The number of aryl methyl sites for hydroxylation is 4. The van der Waals surface area contributed by atoms with Crippen LogP contribution >= 0.6 is 0 Å². The lowest BCUT2D eigenvalue weighted by atomic mass is 9.92. The fraction of sp³-hybridized carbons (Fsp3) is 0.429. The second-order valence-corrected chi connectivity index (χ2v) is 6.94. The first-order valence-electron chi connectivity index (χ1n) is 8.22. The van der Waals surface area contributed by atoms with Crippen molar-refractivity contribution in [3.63, 3.8) is 0 Å². The van der Waals surface area contributed by atoms with Gasteiger partial charge in [0.05, 0.1) is 0 Å². The highest BCUT2D eigenvalue weighted by atomic mass is 14.3. The maximum absolute atomic E-state index is 2.47. The molecule has 2 aromatic rings. The molecular formula is C21H26. The van der Waals surface area contributed by atoms with Gasteiger partial charge in [-0.2, -0.15) is 0 Å².